The van der Waals surface area contributed by atoms with Gasteiger partial charge in [0.15, 0.2) is 0 Å². The first-order valence-corrected chi connectivity index (χ1v) is 6.38. The molecule has 0 bridgehead atoms. The molecule has 0 atom stereocenters. The number of thiophene rings is 1. The molecule has 0 aliphatic heterocycles. The first-order chi connectivity index (χ1) is 7.52. The third-order valence-corrected chi connectivity index (χ3v) is 3.71. The molecular weight excluding hydrogens is 222 g/mol. The Morgan fingerprint density at radius 3 is 2.50 bits per heavy atom. The van der Waals surface area contributed by atoms with E-state index in [1.165, 1.54) is 9.75 Å². The largest absolute Gasteiger partial charge is 0.480 e. The number of hydrogen-bond donors (Lipinski definition) is 1. The molecule has 1 heterocycles. The van der Waals surface area contributed by atoms with Gasteiger partial charge in [-0.3, -0.25) is 9.69 Å². The van der Waals surface area contributed by atoms with Gasteiger partial charge in [-0.15, -0.1) is 11.3 Å². The lowest BCUT2D eigenvalue weighted by atomic mass is 10.3. The first-order valence-electron chi connectivity index (χ1n) is 5.56. The second-order valence-electron chi connectivity index (χ2n) is 4.11. The summed E-state index contributed by atoms with van der Waals surface area (Å²) < 4.78 is 0. The van der Waals surface area contributed by atoms with Gasteiger partial charge in [0.25, 0.3) is 0 Å². The molecule has 1 rings (SSSR count). The monoisotopic (exact) mass is 241 g/mol. The van der Waals surface area contributed by atoms with Crippen LogP contribution in [0.5, 0.6) is 0 Å². The van der Waals surface area contributed by atoms with Crippen LogP contribution in [0.15, 0.2) is 12.1 Å². The summed E-state index contributed by atoms with van der Waals surface area (Å²) >= 11 is 1.77. The summed E-state index contributed by atoms with van der Waals surface area (Å²) in [6.07, 6.45) is 1.05. The van der Waals surface area contributed by atoms with Crippen molar-refractivity contribution < 1.29 is 9.90 Å². The molecule has 0 amide bonds. The molecule has 0 aliphatic carbocycles. The Labute approximate surface area is 101 Å². The van der Waals surface area contributed by atoms with E-state index >= 15 is 0 Å². The number of rotatable bonds is 6. The Morgan fingerprint density at radius 1 is 1.44 bits per heavy atom. The predicted molar refractivity (Wildman–Crippen MR) is 66.9 cm³/mol. The molecule has 0 fully saturated rings. The van der Waals surface area contributed by atoms with E-state index in [0.29, 0.717) is 0 Å². The average Bonchev–Trinajstić information content (AvgIpc) is 2.63. The molecule has 0 unspecified atom stereocenters. The molecule has 0 radical (unpaired) electrons. The van der Waals surface area contributed by atoms with E-state index in [1.54, 1.807) is 11.3 Å². The maximum Gasteiger partial charge on any atom is 0.317 e. The van der Waals surface area contributed by atoms with Gasteiger partial charge < -0.3 is 5.11 Å². The van der Waals surface area contributed by atoms with E-state index in [4.69, 9.17) is 5.11 Å². The number of carboxylic acids is 1. The van der Waals surface area contributed by atoms with E-state index in [1.807, 2.05) is 18.7 Å². The van der Waals surface area contributed by atoms with Crippen molar-refractivity contribution in [2.45, 2.75) is 39.8 Å². The molecule has 1 aromatic rings. The van der Waals surface area contributed by atoms with Crippen LogP contribution in [0.25, 0.3) is 0 Å². The van der Waals surface area contributed by atoms with Gasteiger partial charge in [0.1, 0.15) is 0 Å². The smallest absolute Gasteiger partial charge is 0.317 e. The van der Waals surface area contributed by atoms with Crippen LogP contribution in [0, 0.1) is 0 Å². The quantitative estimate of drug-likeness (QED) is 0.832. The second-order valence-corrected chi connectivity index (χ2v) is 5.37. The highest BCUT2D eigenvalue weighted by Crippen LogP contribution is 2.19. The summed E-state index contributed by atoms with van der Waals surface area (Å²) in [5.74, 6) is -0.763. The van der Waals surface area contributed by atoms with Gasteiger partial charge in [-0.1, -0.05) is 6.92 Å². The molecular formula is C12H19NO2S. The highest BCUT2D eigenvalue weighted by Gasteiger charge is 2.14. The van der Waals surface area contributed by atoms with E-state index in [-0.39, 0.29) is 12.6 Å². The van der Waals surface area contributed by atoms with Crippen LogP contribution in [0.1, 0.15) is 30.5 Å². The van der Waals surface area contributed by atoms with Crippen LogP contribution in [0.4, 0.5) is 0 Å². The molecule has 0 spiro atoms. The van der Waals surface area contributed by atoms with Crippen LogP contribution < -0.4 is 0 Å². The lowest BCUT2D eigenvalue weighted by molar-refractivity contribution is -0.138. The Kier molecular flexibility index (Phi) is 4.96. The molecule has 1 N–H and O–H groups in total. The van der Waals surface area contributed by atoms with E-state index in [2.05, 4.69) is 19.1 Å². The second kappa shape index (κ2) is 6.01. The van der Waals surface area contributed by atoms with Crippen molar-refractivity contribution in [3.8, 4) is 0 Å². The number of nitrogens with zero attached hydrogens (tertiary/aromatic N) is 1. The van der Waals surface area contributed by atoms with Crippen molar-refractivity contribution in [2.24, 2.45) is 0 Å². The Bertz CT molecular complexity index is 347. The van der Waals surface area contributed by atoms with Gasteiger partial charge in [-0.25, -0.2) is 0 Å². The molecule has 0 saturated carbocycles. The van der Waals surface area contributed by atoms with Crippen molar-refractivity contribution in [2.75, 3.05) is 6.54 Å². The average molecular weight is 241 g/mol. The molecule has 0 aromatic carbocycles. The van der Waals surface area contributed by atoms with Crippen LogP contribution in [0.3, 0.4) is 0 Å². The molecule has 1 aromatic heterocycles. The number of carboxylic acid groups (broad SMARTS) is 1. The highest BCUT2D eigenvalue weighted by atomic mass is 32.1. The van der Waals surface area contributed by atoms with Crippen LogP contribution in [-0.2, 0) is 17.8 Å². The summed E-state index contributed by atoms with van der Waals surface area (Å²) in [4.78, 5) is 15.3. The standard InChI is InChI=1S/C12H19NO2S/c1-4-10-5-6-11(16-10)7-13(9(2)3)8-12(14)15/h5-6,9H,4,7-8H2,1-3H3,(H,14,15). The van der Waals surface area contributed by atoms with Crippen molar-refractivity contribution in [1.29, 1.82) is 0 Å². The molecule has 0 saturated heterocycles. The zero-order chi connectivity index (χ0) is 12.1. The Balaban J connectivity index is 2.63. The summed E-state index contributed by atoms with van der Waals surface area (Å²) in [5.41, 5.74) is 0. The Morgan fingerprint density at radius 2 is 2.06 bits per heavy atom. The van der Waals surface area contributed by atoms with Crippen molar-refractivity contribution in [1.82, 2.24) is 4.90 Å². The lowest BCUT2D eigenvalue weighted by Gasteiger charge is -2.23. The normalized spacial score (nSPS) is 11.3. The van der Waals surface area contributed by atoms with E-state index in [0.717, 1.165) is 13.0 Å². The summed E-state index contributed by atoms with van der Waals surface area (Å²) in [6.45, 7) is 7.02. The van der Waals surface area contributed by atoms with Crippen molar-refractivity contribution >= 4 is 17.3 Å². The minimum Gasteiger partial charge on any atom is -0.480 e. The molecule has 90 valence electrons. The topological polar surface area (TPSA) is 40.5 Å². The zero-order valence-electron chi connectivity index (χ0n) is 10.1. The van der Waals surface area contributed by atoms with Gasteiger partial charge in [0.2, 0.25) is 0 Å². The van der Waals surface area contributed by atoms with Gasteiger partial charge in [-0.2, -0.15) is 0 Å². The maximum absolute atomic E-state index is 10.7. The fraction of sp³-hybridized carbons (Fsp3) is 0.583. The van der Waals surface area contributed by atoms with Crippen molar-refractivity contribution in [3.63, 3.8) is 0 Å². The fourth-order valence-electron chi connectivity index (χ4n) is 1.49. The van der Waals surface area contributed by atoms with Gasteiger partial charge in [0.05, 0.1) is 6.54 Å². The van der Waals surface area contributed by atoms with E-state index in [9.17, 15) is 4.79 Å². The number of aliphatic carboxylic acids is 1. The fourth-order valence-corrected chi connectivity index (χ4v) is 2.48. The van der Waals surface area contributed by atoms with Crippen LogP contribution >= 0.6 is 11.3 Å². The van der Waals surface area contributed by atoms with Gasteiger partial charge in [0, 0.05) is 22.3 Å². The van der Waals surface area contributed by atoms with Crippen LogP contribution in [-0.4, -0.2) is 28.6 Å². The number of carbonyl (C=O) groups is 1. The van der Waals surface area contributed by atoms with Gasteiger partial charge in [-0.05, 0) is 32.4 Å². The maximum atomic E-state index is 10.7. The van der Waals surface area contributed by atoms with Gasteiger partial charge >= 0.3 is 5.97 Å². The zero-order valence-corrected chi connectivity index (χ0v) is 10.9. The molecule has 0 aliphatic rings. The van der Waals surface area contributed by atoms with Crippen molar-refractivity contribution in [3.05, 3.63) is 21.9 Å². The minimum atomic E-state index is -0.763. The summed E-state index contributed by atoms with van der Waals surface area (Å²) in [6, 6.07) is 4.48. The first kappa shape index (κ1) is 13.2. The third kappa shape index (κ3) is 3.94. The molecule has 4 heteroatoms. The third-order valence-electron chi connectivity index (χ3n) is 2.49. The highest BCUT2D eigenvalue weighted by molar-refractivity contribution is 7.11. The Hall–Kier alpha value is -0.870. The number of hydrogen-bond acceptors (Lipinski definition) is 3. The van der Waals surface area contributed by atoms with Crippen LogP contribution in [0.2, 0.25) is 0 Å². The molecule has 3 nitrogen and oxygen atoms in total. The van der Waals surface area contributed by atoms with E-state index < -0.39 is 5.97 Å². The molecule has 16 heavy (non-hydrogen) atoms. The SMILES string of the molecule is CCc1ccc(CN(CC(=O)O)C(C)C)s1. The lowest BCUT2D eigenvalue weighted by Crippen LogP contribution is -2.34. The minimum absolute atomic E-state index is 0.108. The predicted octanol–water partition coefficient (Wildman–Crippen LogP) is 2.61. The summed E-state index contributed by atoms with van der Waals surface area (Å²) in [7, 11) is 0. The summed E-state index contributed by atoms with van der Waals surface area (Å²) in [5, 5.41) is 8.82. The number of aryl methyl sites for hydroxylation is 1.